The summed E-state index contributed by atoms with van der Waals surface area (Å²) in [4.78, 5) is 0. The Morgan fingerprint density at radius 1 is 0.794 bits per heavy atom. The molecule has 0 saturated heterocycles. The van der Waals surface area contributed by atoms with Crippen LogP contribution in [0.5, 0.6) is 0 Å². The van der Waals surface area contributed by atoms with Crippen molar-refractivity contribution in [1.82, 2.24) is 0 Å². The smallest absolute Gasteiger partial charge is 0.124 e. The van der Waals surface area contributed by atoms with Gasteiger partial charge in [-0.1, -0.05) is 96.8 Å². The van der Waals surface area contributed by atoms with E-state index in [0.29, 0.717) is 25.4 Å². The standard InChI is InChI=1S/C29H48FNO3/c1-2-3-4-5-6-7-8-9-10-11-12-13-14-15-16-17-33-24-28(22-32)25-34-23-27-18-26(21-31)19-29(30)20-27/h18-20,28,32H,2-17,22-25H2,1H3/t28-/m0/s1. The van der Waals surface area contributed by atoms with Crippen molar-refractivity contribution in [2.75, 3.05) is 26.4 Å². The minimum atomic E-state index is -0.441. The summed E-state index contributed by atoms with van der Waals surface area (Å²) in [5.41, 5.74) is 0.899. The van der Waals surface area contributed by atoms with Crippen LogP contribution in [-0.2, 0) is 16.1 Å². The molecule has 4 nitrogen and oxygen atoms in total. The lowest BCUT2D eigenvalue weighted by atomic mass is 10.0. The van der Waals surface area contributed by atoms with E-state index in [4.69, 9.17) is 14.7 Å². The third-order valence-corrected chi connectivity index (χ3v) is 6.21. The van der Waals surface area contributed by atoms with Gasteiger partial charge in [0.15, 0.2) is 0 Å². The van der Waals surface area contributed by atoms with Crippen LogP contribution in [0, 0.1) is 23.1 Å². The highest BCUT2D eigenvalue weighted by Crippen LogP contribution is 2.14. The van der Waals surface area contributed by atoms with Gasteiger partial charge in [0.25, 0.3) is 0 Å². The van der Waals surface area contributed by atoms with Crippen LogP contribution in [0.25, 0.3) is 0 Å². The first kappa shape index (κ1) is 30.6. The molecular weight excluding hydrogens is 429 g/mol. The monoisotopic (exact) mass is 477 g/mol. The fourth-order valence-corrected chi connectivity index (χ4v) is 4.12. The summed E-state index contributed by atoms with van der Waals surface area (Å²) in [6.07, 6.45) is 20.2. The molecule has 5 heteroatoms. The van der Waals surface area contributed by atoms with Crippen LogP contribution in [0.15, 0.2) is 18.2 Å². The fraction of sp³-hybridized carbons (Fsp3) is 0.759. The molecular formula is C29H48FNO3. The number of benzene rings is 1. The molecule has 1 aromatic rings. The fourth-order valence-electron chi connectivity index (χ4n) is 4.12. The van der Waals surface area contributed by atoms with Crippen molar-refractivity contribution in [2.45, 2.75) is 110 Å². The zero-order valence-corrected chi connectivity index (χ0v) is 21.5. The van der Waals surface area contributed by atoms with Crippen LogP contribution in [0.1, 0.15) is 114 Å². The summed E-state index contributed by atoms with van der Waals surface area (Å²) < 4.78 is 24.8. The Kier molecular flexibility index (Phi) is 19.8. The normalized spacial score (nSPS) is 12.1. The highest BCUT2D eigenvalue weighted by Gasteiger charge is 2.09. The van der Waals surface area contributed by atoms with Crippen LogP contribution in [-0.4, -0.2) is 31.5 Å². The van der Waals surface area contributed by atoms with Crippen molar-refractivity contribution in [3.8, 4) is 6.07 Å². The van der Waals surface area contributed by atoms with E-state index < -0.39 is 5.82 Å². The van der Waals surface area contributed by atoms with Crippen molar-refractivity contribution in [3.05, 3.63) is 35.1 Å². The molecule has 194 valence electrons. The summed E-state index contributed by atoms with van der Waals surface area (Å²) in [7, 11) is 0. The zero-order valence-electron chi connectivity index (χ0n) is 21.5. The predicted molar refractivity (Wildman–Crippen MR) is 137 cm³/mol. The van der Waals surface area contributed by atoms with Gasteiger partial charge < -0.3 is 14.6 Å². The molecule has 1 aromatic carbocycles. The van der Waals surface area contributed by atoms with E-state index >= 15 is 0 Å². The molecule has 0 heterocycles. The Hall–Kier alpha value is -1.48. The number of rotatable bonds is 23. The lowest BCUT2D eigenvalue weighted by Crippen LogP contribution is -2.20. The lowest BCUT2D eigenvalue weighted by molar-refractivity contribution is 0.00972. The molecule has 0 aliphatic rings. The number of nitriles is 1. The number of aliphatic hydroxyl groups excluding tert-OH is 1. The second kappa shape index (κ2) is 22.0. The molecule has 0 aromatic heterocycles. The molecule has 0 amide bonds. The van der Waals surface area contributed by atoms with Gasteiger partial charge in [0, 0.05) is 12.5 Å². The molecule has 0 unspecified atom stereocenters. The Morgan fingerprint density at radius 3 is 1.85 bits per heavy atom. The van der Waals surface area contributed by atoms with Gasteiger partial charge in [-0.3, -0.25) is 0 Å². The van der Waals surface area contributed by atoms with Crippen molar-refractivity contribution < 1.29 is 19.0 Å². The molecule has 0 radical (unpaired) electrons. The Balaban J connectivity index is 1.90. The van der Waals surface area contributed by atoms with E-state index in [-0.39, 0.29) is 24.7 Å². The minimum absolute atomic E-state index is 0.00848. The van der Waals surface area contributed by atoms with Crippen LogP contribution in [0.2, 0.25) is 0 Å². The largest absolute Gasteiger partial charge is 0.396 e. The van der Waals surface area contributed by atoms with Gasteiger partial charge in [0.2, 0.25) is 0 Å². The number of aliphatic hydroxyl groups is 1. The van der Waals surface area contributed by atoms with Gasteiger partial charge in [-0.2, -0.15) is 5.26 Å². The maximum absolute atomic E-state index is 13.5. The second-order valence-corrected chi connectivity index (χ2v) is 9.55. The SMILES string of the molecule is CCCCCCCCCCCCCCCCCOC[C@H](CO)COCc1cc(F)cc(C#N)c1. The summed E-state index contributed by atoms with van der Waals surface area (Å²) in [5, 5.41) is 18.4. The van der Waals surface area contributed by atoms with Gasteiger partial charge >= 0.3 is 0 Å². The van der Waals surface area contributed by atoms with E-state index in [2.05, 4.69) is 6.92 Å². The van der Waals surface area contributed by atoms with Crippen molar-refractivity contribution >= 4 is 0 Å². The van der Waals surface area contributed by atoms with Crippen molar-refractivity contribution in [3.63, 3.8) is 0 Å². The summed E-state index contributed by atoms with van der Waals surface area (Å²) >= 11 is 0. The molecule has 1 N–H and O–H groups in total. The second-order valence-electron chi connectivity index (χ2n) is 9.55. The number of hydrogen-bond donors (Lipinski definition) is 1. The Labute approximate surface area is 207 Å². The van der Waals surface area contributed by atoms with Gasteiger partial charge in [0.05, 0.1) is 38.1 Å². The molecule has 0 aliphatic carbocycles. The quantitative estimate of drug-likeness (QED) is 0.164. The number of ether oxygens (including phenoxy) is 2. The molecule has 1 atom stereocenters. The van der Waals surface area contributed by atoms with Gasteiger partial charge in [-0.05, 0) is 30.2 Å². The van der Waals surface area contributed by atoms with Crippen molar-refractivity contribution in [1.29, 1.82) is 5.26 Å². The summed E-state index contributed by atoms with van der Waals surface area (Å²) in [5.74, 6) is -0.538. The van der Waals surface area contributed by atoms with Gasteiger partial charge in [-0.25, -0.2) is 4.39 Å². The molecule has 0 fully saturated rings. The minimum Gasteiger partial charge on any atom is -0.396 e. The summed E-state index contributed by atoms with van der Waals surface area (Å²) in [6, 6.07) is 6.12. The van der Waals surface area contributed by atoms with Crippen LogP contribution < -0.4 is 0 Å². The van der Waals surface area contributed by atoms with E-state index in [1.165, 1.54) is 102 Å². The van der Waals surface area contributed by atoms with E-state index in [1.807, 2.05) is 6.07 Å². The molecule has 0 spiro atoms. The zero-order chi connectivity index (χ0) is 24.7. The predicted octanol–water partition coefficient (Wildman–Crippen LogP) is 7.71. The lowest BCUT2D eigenvalue weighted by Gasteiger charge is -2.15. The molecule has 0 bridgehead atoms. The number of halogens is 1. The Bertz CT molecular complexity index is 647. The van der Waals surface area contributed by atoms with Crippen LogP contribution in [0.3, 0.4) is 0 Å². The number of hydrogen-bond acceptors (Lipinski definition) is 4. The highest BCUT2D eigenvalue weighted by molar-refractivity contribution is 5.33. The van der Waals surface area contributed by atoms with E-state index in [1.54, 1.807) is 6.07 Å². The first-order valence-corrected chi connectivity index (χ1v) is 13.7. The van der Waals surface area contributed by atoms with Crippen LogP contribution >= 0.6 is 0 Å². The van der Waals surface area contributed by atoms with Gasteiger partial charge in [-0.15, -0.1) is 0 Å². The summed E-state index contributed by atoms with van der Waals surface area (Å²) in [6.45, 7) is 3.99. The topological polar surface area (TPSA) is 62.5 Å². The first-order chi connectivity index (χ1) is 16.7. The van der Waals surface area contributed by atoms with E-state index in [9.17, 15) is 9.50 Å². The average Bonchev–Trinajstić information content (AvgIpc) is 2.84. The molecule has 34 heavy (non-hydrogen) atoms. The highest BCUT2D eigenvalue weighted by atomic mass is 19.1. The maximum atomic E-state index is 13.5. The van der Waals surface area contributed by atoms with Crippen molar-refractivity contribution in [2.24, 2.45) is 5.92 Å². The molecule has 0 aliphatic heterocycles. The molecule has 1 rings (SSSR count). The Morgan fingerprint density at radius 2 is 1.32 bits per heavy atom. The van der Waals surface area contributed by atoms with Gasteiger partial charge in [0.1, 0.15) is 5.82 Å². The third kappa shape index (κ3) is 17.0. The maximum Gasteiger partial charge on any atom is 0.124 e. The van der Waals surface area contributed by atoms with Crippen LogP contribution in [0.4, 0.5) is 4.39 Å². The van der Waals surface area contributed by atoms with E-state index in [0.717, 1.165) is 6.42 Å². The number of unbranched alkanes of at least 4 members (excludes halogenated alkanes) is 14. The number of nitrogens with zero attached hydrogens (tertiary/aromatic N) is 1. The molecule has 0 saturated carbocycles. The third-order valence-electron chi connectivity index (χ3n) is 6.21. The first-order valence-electron chi connectivity index (χ1n) is 13.7. The average molecular weight is 478 g/mol.